The number of hydrogen-bond donors (Lipinski definition) is 1. The van der Waals surface area contributed by atoms with Crippen LogP contribution in [0.15, 0.2) is 35.2 Å². The highest BCUT2D eigenvalue weighted by molar-refractivity contribution is 7.07. The normalized spacial score (nSPS) is 10.1. The first-order valence-electron chi connectivity index (χ1n) is 5.68. The maximum atomic E-state index is 11.7. The van der Waals surface area contributed by atoms with Gasteiger partial charge in [-0.3, -0.25) is 0 Å². The Hall–Kier alpha value is -1.88. The van der Waals surface area contributed by atoms with Crippen LogP contribution in [0.3, 0.4) is 0 Å². The summed E-state index contributed by atoms with van der Waals surface area (Å²) in [6.07, 6.45) is 1.65. The number of nitrogens with one attached hydrogen (secondary N) is 1. The predicted octanol–water partition coefficient (Wildman–Crippen LogP) is 2.93. The smallest absolute Gasteiger partial charge is 0.341 e. The van der Waals surface area contributed by atoms with Crippen LogP contribution < -0.4 is 5.32 Å². The number of aromatic nitrogens is 1. The number of thiophene rings is 1. The molecule has 0 spiro atoms. The zero-order valence-electron chi connectivity index (χ0n) is 10.1. The summed E-state index contributed by atoms with van der Waals surface area (Å²) in [6, 6.07) is 5.47. The molecule has 0 fully saturated rings. The average Bonchev–Trinajstić information content (AvgIpc) is 2.90. The van der Waals surface area contributed by atoms with Gasteiger partial charge < -0.3 is 10.1 Å². The summed E-state index contributed by atoms with van der Waals surface area (Å²) in [4.78, 5) is 15.9. The quantitative estimate of drug-likeness (QED) is 0.842. The van der Waals surface area contributed by atoms with Gasteiger partial charge in [0.05, 0.1) is 6.61 Å². The van der Waals surface area contributed by atoms with Crippen LogP contribution in [0.1, 0.15) is 22.8 Å². The number of ether oxygens (including phenoxy) is 1. The summed E-state index contributed by atoms with van der Waals surface area (Å²) in [5.74, 6) is 0.209. The number of rotatable bonds is 5. The minimum Gasteiger partial charge on any atom is -0.462 e. The number of nitrogens with zero attached hydrogens (tertiary/aromatic N) is 1. The first-order valence-corrected chi connectivity index (χ1v) is 6.62. The topological polar surface area (TPSA) is 51.2 Å². The van der Waals surface area contributed by atoms with Crippen molar-refractivity contribution in [2.75, 3.05) is 11.9 Å². The molecular weight excluding hydrogens is 248 g/mol. The van der Waals surface area contributed by atoms with Crippen LogP contribution in [0.2, 0.25) is 0 Å². The number of pyridine rings is 1. The Balaban J connectivity index is 2.09. The molecule has 1 N–H and O–H groups in total. The van der Waals surface area contributed by atoms with E-state index in [9.17, 15) is 4.79 Å². The molecule has 18 heavy (non-hydrogen) atoms. The second-order valence-corrected chi connectivity index (χ2v) is 4.39. The third-order valence-corrected chi connectivity index (χ3v) is 3.08. The fourth-order valence-corrected chi connectivity index (χ4v) is 2.17. The highest BCUT2D eigenvalue weighted by Gasteiger charge is 2.12. The van der Waals surface area contributed by atoms with Crippen LogP contribution in [0.25, 0.3) is 0 Å². The molecule has 0 saturated carbocycles. The fraction of sp³-hybridized carbons (Fsp3) is 0.231. The summed E-state index contributed by atoms with van der Waals surface area (Å²) in [5, 5.41) is 7.22. The summed E-state index contributed by atoms with van der Waals surface area (Å²) < 4.78 is 4.99. The average molecular weight is 262 g/mol. The van der Waals surface area contributed by atoms with Crippen molar-refractivity contribution in [1.82, 2.24) is 4.98 Å². The molecule has 0 aliphatic heterocycles. The van der Waals surface area contributed by atoms with E-state index >= 15 is 0 Å². The van der Waals surface area contributed by atoms with Crippen molar-refractivity contribution >= 4 is 23.1 Å². The zero-order valence-corrected chi connectivity index (χ0v) is 10.9. The Morgan fingerprint density at radius 2 is 2.39 bits per heavy atom. The van der Waals surface area contributed by atoms with Gasteiger partial charge in [0, 0.05) is 12.7 Å². The SMILES string of the molecule is CCOC(=O)c1cccnc1NCc1ccsc1. The van der Waals surface area contributed by atoms with Crippen LogP contribution >= 0.6 is 11.3 Å². The lowest BCUT2D eigenvalue weighted by Crippen LogP contribution is -2.10. The molecule has 2 rings (SSSR count). The van der Waals surface area contributed by atoms with Gasteiger partial charge in [0.25, 0.3) is 0 Å². The van der Waals surface area contributed by atoms with Crippen LogP contribution in [0.4, 0.5) is 5.82 Å². The minimum absolute atomic E-state index is 0.349. The van der Waals surface area contributed by atoms with Crippen molar-refractivity contribution in [3.63, 3.8) is 0 Å². The third-order valence-electron chi connectivity index (χ3n) is 2.34. The molecule has 94 valence electrons. The first kappa shape index (κ1) is 12.6. The van der Waals surface area contributed by atoms with Gasteiger partial charge in [0.1, 0.15) is 11.4 Å². The lowest BCUT2D eigenvalue weighted by atomic mass is 10.2. The Morgan fingerprint density at radius 1 is 1.50 bits per heavy atom. The number of carbonyl (C=O) groups is 1. The molecule has 0 aliphatic carbocycles. The van der Waals surface area contributed by atoms with Gasteiger partial charge in [-0.1, -0.05) is 0 Å². The van der Waals surface area contributed by atoms with Crippen molar-refractivity contribution in [1.29, 1.82) is 0 Å². The first-order chi connectivity index (χ1) is 8.81. The highest BCUT2D eigenvalue weighted by atomic mass is 32.1. The van der Waals surface area contributed by atoms with E-state index in [1.807, 2.05) is 11.4 Å². The van der Waals surface area contributed by atoms with E-state index in [-0.39, 0.29) is 5.97 Å². The van der Waals surface area contributed by atoms with Crippen LogP contribution in [-0.4, -0.2) is 17.6 Å². The Bertz CT molecular complexity index is 511. The second-order valence-electron chi connectivity index (χ2n) is 3.61. The Kier molecular flexibility index (Phi) is 4.30. The van der Waals surface area contributed by atoms with Gasteiger partial charge >= 0.3 is 5.97 Å². The fourth-order valence-electron chi connectivity index (χ4n) is 1.50. The lowest BCUT2D eigenvalue weighted by molar-refractivity contribution is 0.0527. The monoisotopic (exact) mass is 262 g/mol. The number of hydrogen-bond acceptors (Lipinski definition) is 5. The number of esters is 1. The lowest BCUT2D eigenvalue weighted by Gasteiger charge is -2.09. The molecular formula is C13H14N2O2S. The Labute approximate surface area is 110 Å². The summed E-state index contributed by atoms with van der Waals surface area (Å²) in [5.41, 5.74) is 1.63. The molecule has 0 bridgehead atoms. The molecule has 2 aromatic rings. The molecule has 0 aliphatic rings. The van der Waals surface area contributed by atoms with E-state index in [1.165, 1.54) is 5.56 Å². The van der Waals surface area contributed by atoms with Crippen molar-refractivity contribution in [3.05, 3.63) is 46.3 Å². The molecule has 0 amide bonds. The molecule has 0 saturated heterocycles. The van der Waals surface area contributed by atoms with E-state index in [1.54, 1.807) is 36.6 Å². The zero-order chi connectivity index (χ0) is 12.8. The van der Waals surface area contributed by atoms with Gasteiger partial charge in [-0.2, -0.15) is 11.3 Å². The van der Waals surface area contributed by atoms with E-state index in [4.69, 9.17) is 4.74 Å². The number of carbonyl (C=O) groups excluding carboxylic acids is 1. The molecule has 2 aromatic heterocycles. The maximum Gasteiger partial charge on any atom is 0.341 e. The summed E-state index contributed by atoms with van der Waals surface area (Å²) in [6.45, 7) is 2.79. The molecule has 0 radical (unpaired) electrons. The van der Waals surface area contributed by atoms with E-state index in [0.717, 1.165) is 0 Å². The second kappa shape index (κ2) is 6.16. The van der Waals surface area contributed by atoms with Crippen LogP contribution in [0, 0.1) is 0 Å². The minimum atomic E-state index is -0.349. The predicted molar refractivity (Wildman–Crippen MR) is 71.8 cm³/mol. The highest BCUT2D eigenvalue weighted by Crippen LogP contribution is 2.15. The third kappa shape index (κ3) is 3.07. The molecule has 0 atom stereocenters. The molecule has 5 heteroatoms. The standard InChI is InChI=1S/C13H14N2O2S/c1-2-17-13(16)11-4-3-6-14-12(11)15-8-10-5-7-18-9-10/h3-7,9H,2,8H2,1H3,(H,14,15). The van der Waals surface area contributed by atoms with E-state index in [0.29, 0.717) is 24.5 Å². The largest absolute Gasteiger partial charge is 0.462 e. The molecule has 0 aromatic carbocycles. The summed E-state index contributed by atoms with van der Waals surface area (Å²) >= 11 is 1.64. The van der Waals surface area contributed by atoms with Gasteiger partial charge in [0.2, 0.25) is 0 Å². The Morgan fingerprint density at radius 3 is 3.11 bits per heavy atom. The summed E-state index contributed by atoms with van der Waals surface area (Å²) in [7, 11) is 0. The van der Waals surface area contributed by atoms with Gasteiger partial charge in [-0.25, -0.2) is 9.78 Å². The number of anilines is 1. The van der Waals surface area contributed by atoms with Gasteiger partial charge in [-0.05, 0) is 41.4 Å². The van der Waals surface area contributed by atoms with Crippen LogP contribution in [0.5, 0.6) is 0 Å². The van der Waals surface area contributed by atoms with Gasteiger partial charge in [0.15, 0.2) is 0 Å². The molecule has 4 nitrogen and oxygen atoms in total. The van der Waals surface area contributed by atoms with Gasteiger partial charge in [-0.15, -0.1) is 0 Å². The van der Waals surface area contributed by atoms with Crippen molar-refractivity contribution in [2.45, 2.75) is 13.5 Å². The van der Waals surface area contributed by atoms with E-state index in [2.05, 4.69) is 15.7 Å². The van der Waals surface area contributed by atoms with Crippen molar-refractivity contribution in [3.8, 4) is 0 Å². The molecule has 0 unspecified atom stereocenters. The molecule has 2 heterocycles. The van der Waals surface area contributed by atoms with Crippen molar-refractivity contribution in [2.24, 2.45) is 0 Å². The van der Waals surface area contributed by atoms with Crippen LogP contribution in [-0.2, 0) is 11.3 Å². The van der Waals surface area contributed by atoms with E-state index < -0.39 is 0 Å². The van der Waals surface area contributed by atoms with Crippen molar-refractivity contribution < 1.29 is 9.53 Å². The maximum absolute atomic E-state index is 11.7.